The number of nitrogens with zero attached hydrogens (tertiary/aromatic N) is 3. The third kappa shape index (κ3) is 4.73. The van der Waals surface area contributed by atoms with Crippen LogP contribution in [0.1, 0.15) is 31.2 Å². The van der Waals surface area contributed by atoms with Crippen LogP contribution in [0.5, 0.6) is 0 Å². The monoisotopic (exact) mass is 371 g/mol. The van der Waals surface area contributed by atoms with Crippen LogP contribution in [0, 0.1) is 6.92 Å². The van der Waals surface area contributed by atoms with Crippen molar-refractivity contribution in [1.29, 1.82) is 0 Å². The number of amides is 2. The Hall–Kier alpha value is -1.54. The van der Waals surface area contributed by atoms with E-state index in [4.69, 9.17) is 17.3 Å². The van der Waals surface area contributed by atoms with Crippen molar-refractivity contribution in [2.24, 2.45) is 0 Å². The van der Waals surface area contributed by atoms with Gasteiger partial charge in [0.1, 0.15) is 22.8 Å². The van der Waals surface area contributed by atoms with Gasteiger partial charge < -0.3 is 16.0 Å². The van der Waals surface area contributed by atoms with Crippen LogP contribution in [-0.4, -0.2) is 50.9 Å². The first-order valence-corrected chi connectivity index (χ1v) is 9.23. The Bertz CT molecular complexity index is 585. The van der Waals surface area contributed by atoms with Crippen molar-refractivity contribution in [3.8, 4) is 0 Å². The lowest BCUT2D eigenvalue weighted by atomic mass is 10.1. The highest BCUT2D eigenvalue weighted by Crippen LogP contribution is 2.29. The number of carbonyl (C=O) groups is 2. The van der Waals surface area contributed by atoms with Gasteiger partial charge in [0.15, 0.2) is 0 Å². The standard InChI is InChI=1S/C15H22ClN5O2S/c1-9(18-7-22)15(23)21-6-5-11(24-8-21)3-4-12-13(16)19-10(2)20-14(12)17/h7,9,11H,3-6,8H2,1-2H3,(H,18,22)(H2,17,19,20). The number of nitrogens with two attached hydrogens (primary N) is 1. The summed E-state index contributed by atoms with van der Waals surface area (Å²) in [6.07, 6.45) is 3.08. The summed E-state index contributed by atoms with van der Waals surface area (Å²) in [5, 5.41) is 3.35. The number of halogens is 1. The molecule has 1 aliphatic rings. The minimum absolute atomic E-state index is 0.0488. The molecule has 132 valence electrons. The Morgan fingerprint density at radius 3 is 2.92 bits per heavy atom. The number of nitrogens with one attached hydrogen (secondary N) is 1. The average molecular weight is 372 g/mol. The molecule has 2 atom stereocenters. The highest BCUT2D eigenvalue weighted by atomic mass is 35.5. The quantitative estimate of drug-likeness (QED) is 0.578. The van der Waals surface area contributed by atoms with E-state index < -0.39 is 6.04 Å². The van der Waals surface area contributed by atoms with Gasteiger partial charge in [-0.05, 0) is 33.1 Å². The summed E-state index contributed by atoms with van der Waals surface area (Å²) < 4.78 is 0. The lowest BCUT2D eigenvalue weighted by molar-refractivity contribution is -0.133. The first-order chi connectivity index (χ1) is 11.4. The Balaban J connectivity index is 1.84. The molecule has 2 rings (SSSR count). The molecular weight excluding hydrogens is 350 g/mol. The molecule has 1 aliphatic heterocycles. The minimum atomic E-state index is -0.483. The average Bonchev–Trinajstić information content (AvgIpc) is 2.54. The maximum Gasteiger partial charge on any atom is 0.245 e. The van der Waals surface area contributed by atoms with Gasteiger partial charge in [-0.15, -0.1) is 11.8 Å². The van der Waals surface area contributed by atoms with Crippen LogP contribution in [0.25, 0.3) is 0 Å². The number of hydrogen-bond acceptors (Lipinski definition) is 6. The molecule has 0 aromatic carbocycles. The van der Waals surface area contributed by atoms with Crippen molar-refractivity contribution < 1.29 is 9.59 Å². The second kappa shape index (κ2) is 8.53. The van der Waals surface area contributed by atoms with E-state index in [1.807, 2.05) is 0 Å². The Morgan fingerprint density at radius 2 is 2.33 bits per heavy atom. The summed E-state index contributed by atoms with van der Waals surface area (Å²) in [6, 6.07) is -0.483. The van der Waals surface area contributed by atoms with E-state index in [0.717, 1.165) is 24.8 Å². The fourth-order valence-electron chi connectivity index (χ4n) is 2.61. The third-order valence-corrected chi connectivity index (χ3v) is 5.72. The van der Waals surface area contributed by atoms with Crippen LogP contribution in [0.15, 0.2) is 0 Å². The molecule has 2 unspecified atom stereocenters. The van der Waals surface area contributed by atoms with Crippen LogP contribution in [0.3, 0.4) is 0 Å². The Kier molecular flexibility index (Phi) is 6.68. The van der Waals surface area contributed by atoms with E-state index in [0.29, 0.717) is 40.9 Å². The fraction of sp³-hybridized carbons (Fsp3) is 0.600. The van der Waals surface area contributed by atoms with E-state index in [2.05, 4.69) is 15.3 Å². The van der Waals surface area contributed by atoms with Gasteiger partial charge in [0.25, 0.3) is 0 Å². The Morgan fingerprint density at radius 1 is 1.58 bits per heavy atom. The van der Waals surface area contributed by atoms with Crippen molar-refractivity contribution in [2.45, 2.75) is 44.4 Å². The van der Waals surface area contributed by atoms with Gasteiger partial charge >= 0.3 is 0 Å². The highest BCUT2D eigenvalue weighted by Gasteiger charge is 2.26. The molecule has 1 saturated heterocycles. The topological polar surface area (TPSA) is 101 Å². The van der Waals surface area contributed by atoms with Crippen LogP contribution >= 0.6 is 23.4 Å². The van der Waals surface area contributed by atoms with Gasteiger partial charge in [0.05, 0.1) is 5.88 Å². The molecule has 0 aliphatic carbocycles. The number of carbonyl (C=O) groups excluding carboxylic acids is 2. The SMILES string of the molecule is Cc1nc(N)c(CCC2CCN(C(=O)C(C)NC=O)CS2)c(Cl)n1. The summed E-state index contributed by atoms with van der Waals surface area (Å²) >= 11 is 7.89. The maximum absolute atomic E-state index is 12.1. The van der Waals surface area contributed by atoms with Gasteiger partial charge in [-0.3, -0.25) is 9.59 Å². The number of aromatic nitrogens is 2. The molecule has 1 aromatic heterocycles. The normalized spacial score (nSPS) is 19.0. The first-order valence-electron chi connectivity index (χ1n) is 7.81. The molecule has 2 heterocycles. The van der Waals surface area contributed by atoms with Gasteiger partial charge in [0, 0.05) is 17.4 Å². The molecule has 1 fully saturated rings. The molecular formula is C15H22ClN5O2S. The zero-order valence-electron chi connectivity index (χ0n) is 13.8. The second-order valence-corrected chi connectivity index (χ2v) is 7.39. The van der Waals surface area contributed by atoms with Crippen LogP contribution in [0.2, 0.25) is 5.15 Å². The second-order valence-electron chi connectivity index (χ2n) is 5.78. The molecule has 0 radical (unpaired) electrons. The lowest BCUT2D eigenvalue weighted by Gasteiger charge is -2.33. The van der Waals surface area contributed by atoms with Gasteiger partial charge in [0.2, 0.25) is 12.3 Å². The van der Waals surface area contributed by atoms with Crippen molar-refractivity contribution in [2.75, 3.05) is 18.2 Å². The van der Waals surface area contributed by atoms with E-state index in [9.17, 15) is 9.59 Å². The highest BCUT2D eigenvalue weighted by molar-refractivity contribution is 7.99. The number of thioether (sulfide) groups is 1. The van der Waals surface area contributed by atoms with E-state index in [-0.39, 0.29) is 5.91 Å². The van der Waals surface area contributed by atoms with Crippen molar-refractivity contribution >= 4 is 41.5 Å². The summed E-state index contributed by atoms with van der Waals surface area (Å²) in [5.74, 6) is 1.59. The molecule has 0 saturated carbocycles. The van der Waals surface area contributed by atoms with Crippen LogP contribution < -0.4 is 11.1 Å². The van der Waals surface area contributed by atoms with Crippen LogP contribution in [0.4, 0.5) is 5.82 Å². The first kappa shape index (κ1) is 18.8. The Labute approximate surface area is 150 Å². The van der Waals surface area contributed by atoms with E-state index in [1.54, 1.807) is 30.5 Å². The maximum atomic E-state index is 12.1. The lowest BCUT2D eigenvalue weighted by Crippen LogP contribution is -2.47. The summed E-state index contributed by atoms with van der Waals surface area (Å²) in [5.41, 5.74) is 6.73. The predicted octanol–water partition coefficient (Wildman–Crippen LogP) is 1.38. The number of hydrogen-bond donors (Lipinski definition) is 2. The minimum Gasteiger partial charge on any atom is -0.383 e. The molecule has 7 nitrogen and oxygen atoms in total. The molecule has 0 bridgehead atoms. The van der Waals surface area contributed by atoms with Gasteiger partial charge in [-0.2, -0.15) is 0 Å². The number of rotatable bonds is 6. The summed E-state index contributed by atoms with van der Waals surface area (Å²) in [6.45, 7) is 4.14. The largest absolute Gasteiger partial charge is 0.383 e. The van der Waals surface area contributed by atoms with Gasteiger partial charge in [-0.1, -0.05) is 11.6 Å². The molecule has 9 heteroatoms. The summed E-state index contributed by atoms with van der Waals surface area (Å²) in [4.78, 5) is 32.7. The number of aryl methyl sites for hydroxylation is 1. The number of nitrogen functional groups attached to an aromatic ring is 1. The van der Waals surface area contributed by atoms with Crippen molar-refractivity contribution in [3.63, 3.8) is 0 Å². The zero-order valence-corrected chi connectivity index (χ0v) is 15.4. The van der Waals surface area contributed by atoms with E-state index >= 15 is 0 Å². The molecule has 1 aromatic rings. The smallest absolute Gasteiger partial charge is 0.245 e. The molecule has 3 N–H and O–H groups in total. The van der Waals surface area contributed by atoms with Crippen LogP contribution in [-0.2, 0) is 16.0 Å². The van der Waals surface area contributed by atoms with Crippen molar-refractivity contribution in [1.82, 2.24) is 20.2 Å². The third-order valence-electron chi connectivity index (χ3n) is 4.00. The zero-order chi connectivity index (χ0) is 17.7. The molecule has 0 spiro atoms. The van der Waals surface area contributed by atoms with E-state index in [1.165, 1.54) is 0 Å². The fourth-order valence-corrected chi connectivity index (χ4v) is 4.13. The summed E-state index contributed by atoms with van der Waals surface area (Å²) in [7, 11) is 0. The molecule has 24 heavy (non-hydrogen) atoms. The van der Waals surface area contributed by atoms with Gasteiger partial charge in [-0.25, -0.2) is 9.97 Å². The van der Waals surface area contributed by atoms with Crippen molar-refractivity contribution in [3.05, 3.63) is 16.5 Å². The predicted molar refractivity (Wildman–Crippen MR) is 95.8 cm³/mol. The number of anilines is 1. The molecule has 2 amide bonds.